The molecule has 2 aliphatic rings. The third kappa shape index (κ3) is 3.74. The molecule has 0 atom stereocenters. The third-order valence-electron chi connectivity index (χ3n) is 4.94. The molecular weight excluding hydrogens is 364 g/mol. The predicted molar refractivity (Wildman–Crippen MR) is 107 cm³/mol. The van der Waals surface area contributed by atoms with E-state index in [1.54, 1.807) is 13.2 Å². The lowest BCUT2D eigenvalue weighted by atomic mass is 10.1. The van der Waals surface area contributed by atoms with Crippen LogP contribution in [0.4, 0.5) is 5.69 Å². The van der Waals surface area contributed by atoms with Crippen molar-refractivity contribution in [1.29, 1.82) is 0 Å². The minimum Gasteiger partial charge on any atom is -0.497 e. The summed E-state index contributed by atoms with van der Waals surface area (Å²) in [5.74, 6) is 1.64. The van der Waals surface area contributed by atoms with Crippen LogP contribution < -0.4 is 14.4 Å². The predicted octanol–water partition coefficient (Wildman–Crippen LogP) is 3.47. The van der Waals surface area contributed by atoms with Gasteiger partial charge < -0.3 is 19.3 Å². The van der Waals surface area contributed by atoms with Crippen molar-refractivity contribution < 1.29 is 14.3 Å². The Morgan fingerprint density at radius 1 is 1.11 bits per heavy atom. The van der Waals surface area contributed by atoms with E-state index in [0.29, 0.717) is 30.3 Å². The smallest absolute Gasteiger partial charge is 0.253 e. The standard InChI is InChI=1S/C21H21ClN2O3/c1-26-19-4-2-3-18(13-19)23-7-9-24(10-8-23)21(25)16-11-15-12-17(22)5-6-20(15)27-14-16/h2-6,11-13H,7-10,14H2,1H3. The van der Waals surface area contributed by atoms with E-state index in [9.17, 15) is 4.79 Å². The number of methoxy groups -OCH3 is 1. The molecule has 2 aromatic carbocycles. The summed E-state index contributed by atoms with van der Waals surface area (Å²) in [6.45, 7) is 3.22. The van der Waals surface area contributed by atoms with Crippen molar-refractivity contribution in [3.63, 3.8) is 0 Å². The Balaban J connectivity index is 1.43. The number of fused-ring (bicyclic) bond motifs is 1. The largest absolute Gasteiger partial charge is 0.497 e. The molecule has 2 heterocycles. The molecule has 6 heteroatoms. The van der Waals surface area contributed by atoms with E-state index in [2.05, 4.69) is 11.0 Å². The average molecular weight is 385 g/mol. The monoisotopic (exact) mass is 384 g/mol. The highest BCUT2D eigenvalue weighted by molar-refractivity contribution is 6.30. The number of hydrogen-bond donors (Lipinski definition) is 0. The number of nitrogens with zero attached hydrogens (tertiary/aromatic N) is 2. The number of ether oxygens (including phenoxy) is 2. The van der Waals surface area contributed by atoms with Crippen LogP contribution in [-0.4, -0.2) is 50.7 Å². The number of amides is 1. The van der Waals surface area contributed by atoms with Crippen molar-refractivity contribution in [2.45, 2.75) is 0 Å². The number of rotatable bonds is 3. The van der Waals surface area contributed by atoms with Gasteiger partial charge in [0.25, 0.3) is 5.91 Å². The van der Waals surface area contributed by atoms with Crippen LogP contribution in [0.5, 0.6) is 11.5 Å². The van der Waals surface area contributed by atoms with Crippen molar-refractivity contribution in [2.24, 2.45) is 0 Å². The summed E-state index contributed by atoms with van der Waals surface area (Å²) in [5, 5.41) is 0.634. The van der Waals surface area contributed by atoms with Crippen molar-refractivity contribution in [2.75, 3.05) is 44.8 Å². The van der Waals surface area contributed by atoms with Gasteiger partial charge in [0.05, 0.1) is 12.7 Å². The first-order valence-electron chi connectivity index (χ1n) is 8.95. The zero-order valence-corrected chi connectivity index (χ0v) is 15.9. The first kappa shape index (κ1) is 17.7. The van der Waals surface area contributed by atoms with Gasteiger partial charge in [-0.1, -0.05) is 17.7 Å². The number of halogens is 1. The summed E-state index contributed by atoms with van der Waals surface area (Å²) >= 11 is 6.05. The van der Waals surface area contributed by atoms with Crippen LogP contribution in [0.2, 0.25) is 5.02 Å². The Labute approximate surface area is 163 Å². The highest BCUT2D eigenvalue weighted by atomic mass is 35.5. The normalized spacial score (nSPS) is 16.3. The minimum absolute atomic E-state index is 0.0333. The lowest BCUT2D eigenvalue weighted by Gasteiger charge is -2.36. The van der Waals surface area contributed by atoms with E-state index in [0.717, 1.165) is 35.8 Å². The highest BCUT2D eigenvalue weighted by Gasteiger charge is 2.26. The van der Waals surface area contributed by atoms with Crippen molar-refractivity contribution in [3.05, 3.63) is 58.6 Å². The van der Waals surface area contributed by atoms with Crippen LogP contribution in [0, 0.1) is 0 Å². The molecule has 5 nitrogen and oxygen atoms in total. The zero-order chi connectivity index (χ0) is 18.8. The van der Waals surface area contributed by atoms with E-state index >= 15 is 0 Å². The molecule has 0 bridgehead atoms. The second-order valence-corrected chi connectivity index (χ2v) is 7.06. The fourth-order valence-electron chi connectivity index (χ4n) is 3.45. The Morgan fingerprint density at radius 3 is 2.70 bits per heavy atom. The topological polar surface area (TPSA) is 42.0 Å². The van der Waals surface area contributed by atoms with Gasteiger partial charge in [0.1, 0.15) is 18.1 Å². The van der Waals surface area contributed by atoms with E-state index in [1.165, 1.54) is 0 Å². The molecule has 0 saturated carbocycles. The van der Waals surface area contributed by atoms with Gasteiger partial charge in [0.2, 0.25) is 0 Å². The number of carbonyl (C=O) groups is 1. The molecule has 140 valence electrons. The maximum absolute atomic E-state index is 12.9. The molecular formula is C21H21ClN2O3. The van der Waals surface area contributed by atoms with Crippen LogP contribution >= 0.6 is 11.6 Å². The molecule has 27 heavy (non-hydrogen) atoms. The summed E-state index contributed by atoms with van der Waals surface area (Å²) in [7, 11) is 1.67. The lowest BCUT2D eigenvalue weighted by molar-refractivity contribution is -0.127. The molecule has 1 saturated heterocycles. The van der Waals surface area contributed by atoms with E-state index < -0.39 is 0 Å². The maximum Gasteiger partial charge on any atom is 0.253 e. The second kappa shape index (κ2) is 7.53. The summed E-state index contributed by atoms with van der Waals surface area (Å²) in [5.41, 5.74) is 2.64. The molecule has 1 amide bonds. The fourth-order valence-corrected chi connectivity index (χ4v) is 3.63. The molecule has 4 rings (SSSR count). The van der Waals surface area contributed by atoms with Crippen LogP contribution in [0.15, 0.2) is 48.0 Å². The van der Waals surface area contributed by atoms with Gasteiger partial charge >= 0.3 is 0 Å². The van der Waals surface area contributed by atoms with Gasteiger partial charge in [0, 0.05) is 48.5 Å². The number of anilines is 1. The van der Waals surface area contributed by atoms with Gasteiger partial charge in [-0.05, 0) is 36.4 Å². The lowest BCUT2D eigenvalue weighted by Crippen LogP contribution is -2.49. The molecule has 0 N–H and O–H groups in total. The van der Waals surface area contributed by atoms with Gasteiger partial charge in [-0.2, -0.15) is 0 Å². The highest BCUT2D eigenvalue weighted by Crippen LogP contribution is 2.30. The van der Waals surface area contributed by atoms with Crippen molar-refractivity contribution in [3.8, 4) is 11.5 Å². The van der Waals surface area contributed by atoms with Crippen molar-refractivity contribution in [1.82, 2.24) is 4.90 Å². The van der Waals surface area contributed by atoms with Crippen LogP contribution in [0.3, 0.4) is 0 Å². The number of piperazine rings is 1. The minimum atomic E-state index is 0.0333. The number of carbonyl (C=O) groups excluding carboxylic acids is 1. The molecule has 0 aliphatic carbocycles. The number of hydrogen-bond acceptors (Lipinski definition) is 4. The summed E-state index contributed by atoms with van der Waals surface area (Å²) < 4.78 is 11.0. The van der Waals surface area contributed by atoms with Crippen LogP contribution in [0.1, 0.15) is 5.56 Å². The second-order valence-electron chi connectivity index (χ2n) is 6.62. The van der Waals surface area contributed by atoms with E-state index in [1.807, 2.05) is 41.3 Å². The van der Waals surface area contributed by atoms with E-state index in [-0.39, 0.29) is 5.91 Å². The molecule has 2 aromatic rings. The SMILES string of the molecule is COc1cccc(N2CCN(C(=O)C3=Cc4cc(Cl)ccc4OC3)CC2)c1. The first-order chi connectivity index (χ1) is 13.1. The zero-order valence-electron chi connectivity index (χ0n) is 15.2. The Bertz CT molecular complexity index is 889. The van der Waals surface area contributed by atoms with Crippen molar-refractivity contribution >= 4 is 29.3 Å². The summed E-state index contributed by atoms with van der Waals surface area (Å²) in [6, 6.07) is 13.5. The average Bonchev–Trinajstić information content (AvgIpc) is 2.73. The molecule has 0 radical (unpaired) electrons. The van der Waals surface area contributed by atoms with Gasteiger partial charge in [0.15, 0.2) is 0 Å². The van der Waals surface area contributed by atoms with Gasteiger partial charge in [-0.25, -0.2) is 0 Å². The molecule has 0 unspecified atom stereocenters. The summed E-state index contributed by atoms with van der Waals surface area (Å²) in [6.07, 6.45) is 1.89. The quantitative estimate of drug-likeness (QED) is 0.812. The summed E-state index contributed by atoms with van der Waals surface area (Å²) in [4.78, 5) is 17.1. The Kier molecular flexibility index (Phi) is 4.94. The number of benzene rings is 2. The Hall–Kier alpha value is -2.66. The molecule has 2 aliphatic heterocycles. The van der Waals surface area contributed by atoms with Gasteiger partial charge in [-0.15, -0.1) is 0 Å². The van der Waals surface area contributed by atoms with E-state index in [4.69, 9.17) is 21.1 Å². The molecule has 1 fully saturated rings. The first-order valence-corrected chi connectivity index (χ1v) is 9.33. The molecule has 0 aromatic heterocycles. The fraction of sp³-hybridized carbons (Fsp3) is 0.286. The molecule has 0 spiro atoms. The third-order valence-corrected chi connectivity index (χ3v) is 5.18. The van der Waals surface area contributed by atoms with Crippen LogP contribution in [0.25, 0.3) is 6.08 Å². The Morgan fingerprint density at radius 2 is 1.93 bits per heavy atom. The maximum atomic E-state index is 12.9. The van der Waals surface area contributed by atoms with Crippen LogP contribution in [-0.2, 0) is 4.79 Å². The van der Waals surface area contributed by atoms with Gasteiger partial charge in [-0.3, -0.25) is 4.79 Å².